The molecule has 2 fully saturated rings. The zero-order chi connectivity index (χ0) is 22.1. The van der Waals surface area contributed by atoms with E-state index in [9.17, 15) is 34.2 Å². The molecule has 3 aliphatic rings. The van der Waals surface area contributed by atoms with Gasteiger partial charge in [0, 0.05) is 12.3 Å². The van der Waals surface area contributed by atoms with Crippen molar-refractivity contribution in [3.63, 3.8) is 0 Å². The Hall–Kier alpha value is -3.51. The lowest BCUT2D eigenvalue weighted by molar-refractivity contribution is -0.175. The number of Topliss-reactive ketones (excluding diaryl/α,β-unsaturated/α-hetero) is 4. The molecule has 1 aromatic rings. The second-order valence-corrected chi connectivity index (χ2v) is 8.10. The molecular weight excluding hydrogens is 392 g/mol. The molecule has 0 bridgehead atoms. The normalized spacial score (nSPS) is 32.7. The molecule has 0 saturated heterocycles. The molecule has 3 aliphatic carbocycles. The molecule has 0 spiro atoms. The van der Waals surface area contributed by atoms with Crippen molar-refractivity contribution in [2.45, 2.75) is 24.9 Å². The molecule has 6 N–H and O–H groups in total. The molecule has 154 valence electrons. The number of aromatic hydroxyl groups is 1. The third-order valence-electron chi connectivity index (χ3n) is 6.59. The number of rotatable bonds is 1. The quantitative estimate of drug-likeness (QED) is 0.195. The Kier molecular flexibility index (Phi) is 4.12. The van der Waals surface area contributed by atoms with Gasteiger partial charge in [0.2, 0.25) is 5.91 Å². The van der Waals surface area contributed by atoms with Crippen LogP contribution in [0.2, 0.25) is 0 Å². The third kappa shape index (κ3) is 2.31. The van der Waals surface area contributed by atoms with Gasteiger partial charge in [-0.3, -0.25) is 24.0 Å². The topological polar surface area (TPSA) is 178 Å². The van der Waals surface area contributed by atoms with Crippen molar-refractivity contribution in [1.82, 2.24) is 0 Å². The van der Waals surface area contributed by atoms with Gasteiger partial charge in [-0.2, -0.15) is 0 Å². The van der Waals surface area contributed by atoms with Gasteiger partial charge in [-0.1, -0.05) is 5.92 Å². The number of terminal acetylenes is 1. The SMILES string of the molecule is C#Cc1cc2c(c(O)c1N)C(=O)C1C(=O)[C@]3(O)C(=O)C(C(N)=O)C(=O)C[C@@H]3C[C@@H]1C2. The number of carbonyl (C=O) groups excluding carboxylic acids is 5. The van der Waals surface area contributed by atoms with Crippen LogP contribution in [0.1, 0.15) is 34.3 Å². The number of anilines is 1. The monoisotopic (exact) mass is 410 g/mol. The van der Waals surface area contributed by atoms with Gasteiger partial charge >= 0.3 is 0 Å². The smallest absolute Gasteiger partial charge is 0.235 e. The molecule has 0 aliphatic heterocycles. The fraction of sp³-hybridized carbons (Fsp3) is 0.381. The van der Waals surface area contributed by atoms with Gasteiger partial charge in [0.05, 0.1) is 22.7 Å². The van der Waals surface area contributed by atoms with Crippen LogP contribution in [0.4, 0.5) is 5.69 Å². The number of hydrogen-bond acceptors (Lipinski definition) is 8. The molecule has 5 atom stereocenters. The van der Waals surface area contributed by atoms with Crippen molar-refractivity contribution in [1.29, 1.82) is 0 Å². The minimum atomic E-state index is -2.66. The number of aliphatic hydroxyl groups is 1. The van der Waals surface area contributed by atoms with Crippen LogP contribution in [0.25, 0.3) is 0 Å². The summed E-state index contributed by atoms with van der Waals surface area (Å²) in [4.78, 5) is 63.0. The zero-order valence-electron chi connectivity index (χ0n) is 15.7. The van der Waals surface area contributed by atoms with Crippen LogP contribution in [-0.2, 0) is 25.6 Å². The number of fused-ring (bicyclic) bond motifs is 3. The predicted octanol–water partition coefficient (Wildman–Crippen LogP) is -1.11. The third-order valence-corrected chi connectivity index (χ3v) is 6.59. The van der Waals surface area contributed by atoms with Crippen LogP contribution >= 0.6 is 0 Å². The Morgan fingerprint density at radius 1 is 1.20 bits per heavy atom. The van der Waals surface area contributed by atoms with E-state index in [1.165, 1.54) is 6.07 Å². The van der Waals surface area contributed by atoms with Crippen molar-refractivity contribution < 1.29 is 34.2 Å². The van der Waals surface area contributed by atoms with Crippen molar-refractivity contribution in [3.8, 4) is 18.1 Å². The molecule has 9 nitrogen and oxygen atoms in total. The van der Waals surface area contributed by atoms with Crippen LogP contribution in [0.3, 0.4) is 0 Å². The van der Waals surface area contributed by atoms with E-state index >= 15 is 0 Å². The second-order valence-electron chi connectivity index (χ2n) is 8.10. The number of carbonyl (C=O) groups is 5. The lowest BCUT2D eigenvalue weighted by Gasteiger charge is -2.48. The number of ketones is 4. The highest BCUT2D eigenvalue weighted by Gasteiger charge is 2.66. The van der Waals surface area contributed by atoms with Gasteiger partial charge < -0.3 is 21.7 Å². The van der Waals surface area contributed by atoms with Gasteiger partial charge in [-0.15, -0.1) is 6.42 Å². The highest BCUT2D eigenvalue weighted by Crippen LogP contribution is 2.50. The minimum absolute atomic E-state index is 0.0254. The Bertz CT molecular complexity index is 1120. The molecular formula is C21H18N2O7. The summed E-state index contributed by atoms with van der Waals surface area (Å²) in [5.74, 6) is -8.41. The molecule has 1 amide bonds. The van der Waals surface area contributed by atoms with E-state index in [1.807, 2.05) is 0 Å². The first-order valence-electron chi connectivity index (χ1n) is 9.32. The number of nitrogens with two attached hydrogens (primary N) is 2. The van der Waals surface area contributed by atoms with Crippen molar-refractivity contribution in [2.24, 2.45) is 29.4 Å². The number of benzene rings is 1. The summed E-state index contributed by atoms with van der Waals surface area (Å²) in [6, 6.07) is 1.49. The fourth-order valence-electron chi connectivity index (χ4n) is 5.16. The number of amides is 1. The van der Waals surface area contributed by atoms with Crippen LogP contribution in [0, 0.1) is 36.0 Å². The van der Waals surface area contributed by atoms with Crippen molar-refractivity contribution >= 4 is 34.7 Å². The average molecular weight is 410 g/mol. The summed E-state index contributed by atoms with van der Waals surface area (Å²) in [7, 11) is 0. The van der Waals surface area contributed by atoms with Crippen LogP contribution in [-0.4, -0.2) is 44.9 Å². The molecule has 2 unspecified atom stereocenters. The van der Waals surface area contributed by atoms with E-state index in [0.29, 0.717) is 5.56 Å². The predicted molar refractivity (Wildman–Crippen MR) is 101 cm³/mol. The molecule has 0 heterocycles. The van der Waals surface area contributed by atoms with E-state index < -0.39 is 64.1 Å². The Morgan fingerprint density at radius 2 is 1.87 bits per heavy atom. The maximum atomic E-state index is 13.2. The van der Waals surface area contributed by atoms with Crippen molar-refractivity contribution in [3.05, 3.63) is 22.8 Å². The number of phenols is 1. The van der Waals surface area contributed by atoms with E-state index in [-0.39, 0.29) is 36.1 Å². The van der Waals surface area contributed by atoms with Crippen LogP contribution in [0.5, 0.6) is 5.75 Å². The van der Waals surface area contributed by atoms with E-state index in [0.717, 1.165) is 0 Å². The highest BCUT2D eigenvalue weighted by atomic mass is 16.3. The Morgan fingerprint density at radius 3 is 2.47 bits per heavy atom. The molecule has 0 radical (unpaired) electrons. The number of phenolic OH excluding ortho intramolecular Hbond substituents is 1. The van der Waals surface area contributed by atoms with Gasteiger partial charge in [0.15, 0.2) is 40.4 Å². The van der Waals surface area contributed by atoms with E-state index in [2.05, 4.69) is 5.92 Å². The number of nitrogen functional groups attached to an aromatic ring is 1. The van der Waals surface area contributed by atoms with Crippen LogP contribution in [0.15, 0.2) is 6.07 Å². The average Bonchev–Trinajstić information content (AvgIpc) is 2.67. The molecule has 2 saturated carbocycles. The summed E-state index contributed by atoms with van der Waals surface area (Å²) in [6.45, 7) is 0. The van der Waals surface area contributed by atoms with Gasteiger partial charge in [0.1, 0.15) is 0 Å². The molecule has 9 heteroatoms. The first-order chi connectivity index (χ1) is 14.0. The molecule has 0 aromatic heterocycles. The highest BCUT2D eigenvalue weighted by molar-refractivity contribution is 6.31. The zero-order valence-corrected chi connectivity index (χ0v) is 15.7. The summed E-state index contributed by atoms with van der Waals surface area (Å²) in [5.41, 5.74) is 8.49. The Balaban J connectivity index is 1.83. The lowest BCUT2D eigenvalue weighted by atomic mass is 9.54. The Labute approximate surface area is 170 Å². The molecule has 1 aromatic carbocycles. The largest absolute Gasteiger partial charge is 0.505 e. The first-order valence-corrected chi connectivity index (χ1v) is 9.32. The van der Waals surface area contributed by atoms with Crippen LogP contribution < -0.4 is 11.5 Å². The maximum Gasteiger partial charge on any atom is 0.235 e. The summed E-state index contributed by atoms with van der Waals surface area (Å²) in [6.07, 6.45) is 5.19. The van der Waals surface area contributed by atoms with Gasteiger partial charge in [0.25, 0.3) is 0 Å². The fourth-order valence-corrected chi connectivity index (χ4v) is 5.16. The summed E-state index contributed by atoms with van der Waals surface area (Å²) in [5, 5.41) is 21.5. The molecule has 4 rings (SSSR count). The van der Waals surface area contributed by atoms with Crippen molar-refractivity contribution in [2.75, 3.05) is 5.73 Å². The summed E-state index contributed by atoms with van der Waals surface area (Å²) < 4.78 is 0. The van der Waals surface area contributed by atoms with Gasteiger partial charge in [-0.05, 0) is 30.4 Å². The minimum Gasteiger partial charge on any atom is -0.505 e. The standard InChI is InChI=1S/C21H18N2O7/c1-2-7-3-8-4-9-5-10-6-11(24)14(20(23)29)19(28)21(10,30)18(27)13(9)16(25)12(8)17(26)15(7)22/h1,3,9-10,13-14,26,30H,4-6,22H2,(H2,23,29)/t9-,10-,13?,14?,21-/m0/s1. The number of hydrogen-bond donors (Lipinski definition) is 4. The van der Waals surface area contributed by atoms with E-state index in [4.69, 9.17) is 17.9 Å². The number of primary amides is 1. The second kappa shape index (κ2) is 6.24. The lowest BCUT2D eigenvalue weighted by Crippen LogP contribution is -2.68. The van der Waals surface area contributed by atoms with E-state index in [1.54, 1.807) is 0 Å². The summed E-state index contributed by atoms with van der Waals surface area (Å²) >= 11 is 0. The molecule has 30 heavy (non-hydrogen) atoms. The van der Waals surface area contributed by atoms with Gasteiger partial charge in [-0.25, -0.2) is 0 Å². The maximum absolute atomic E-state index is 13.2. The first kappa shape index (κ1) is 19.8.